The maximum atomic E-state index is 9.67. The van der Waals surface area contributed by atoms with Crippen molar-refractivity contribution in [3.05, 3.63) is 12.8 Å². The van der Waals surface area contributed by atoms with Crippen LogP contribution in [0.3, 0.4) is 0 Å². The molecule has 0 amide bonds. The highest BCUT2D eigenvalue weighted by atomic mass is 19.4. The zero-order valence-corrected chi connectivity index (χ0v) is 11.5. The smallest absolute Gasteiger partial charge is 0.379 e. The summed E-state index contributed by atoms with van der Waals surface area (Å²) < 4.78 is 34.1. The lowest BCUT2D eigenvalue weighted by atomic mass is 10.2. The van der Waals surface area contributed by atoms with E-state index in [4.69, 9.17) is 4.74 Å². The first-order valence-corrected chi connectivity index (χ1v) is 5.93. The van der Waals surface area contributed by atoms with E-state index in [1.807, 2.05) is 0 Å². The topological polar surface area (TPSA) is 24.5 Å². The molecule has 1 heterocycles. The van der Waals surface area contributed by atoms with Gasteiger partial charge in [0.15, 0.2) is 0 Å². The summed E-state index contributed by atoms with van der Waals surface area (Å²) in [5.74, 6) is 0.720. The van der Waals surface area contributed by atoms with Crippen LogP contribution in [0.15, 0.2) is 12.8 Å². The minimum absolute atomic E-state index is 0.720. The van der Waals surface area contributed by atoms with E-state index in [2.05, 4.69) is 37.7 Å². The van der Waals surface area contributed by atoms with Crippen LogP contribution in [-0.2, 0) is 4.74 Å². The number of hydrogen-bond donors (Lipinski definition) is 1. The van der Waals surface area contributed by atoms with Gasteiger partial charge in [-0.25, -0.2) is 0 Å². The summed E-state index contributed by atoms with van der Waals surface area (Å²) in [6, 6.07) is 0. The Morgan fingerprint density at radius 2 is 1.72 bits per heavy atom. The van der Waals surface area contributed by atoms with Gasteiger partial charge in [0.25, 0.3) is 0 Å². The number of morpholine rings is 1. The molecule has 0 atom stereocenters. The summed E-state index contributed by atoms with van der Waals surface area (Å²) in [5.41, 5.74) is 0. The molecule has 18 heavy (non-hydrogen) atoms. The first-order chi connectivity index (χ1) is 8.40. The van der Waals surface area contributed by atoms with Crippen LogP contribution in [0.5, 0.6) is 0 Å². The number of hydrogen-bond acceptors (Lipinski definition) is 3. The van der Waals surface area contributed by atoms with Crippen LogP contribution in [-0.4, -0.2) is 51.5 Å². The van der Waals surface area contributed by atoms with E-state index >= 15 is 0 Å². The molecule has 3 nitrogen and oxygen atoms in total. The predicted molar refractivity (Wildman–Crippen MR) is 68.5 cm³/mol. The third-order valence-corrected chi connectivity index (χ3v) is 1.91. The third kappa shape index (κ3) is 24.5. The van der Waals surface area contributed by atoms with Crippen molar-refractivity contribution < 1.29 is 17.9 Å². The molecular weight excluding hydrogens is 245 g/mol. The Balaban J connectivity index is 0. The minimum atomic E-state index is -3.67. The molecule has 1 saturated heterocycles. The standard InChI is InChI=1S/C6H13N.C5H11NO.CHF3/c1-4-7-5-6(2)3;1-6-2-4-7-5-3-6;2-1(3)4/h4,6-7H,1,5H2,2-3H3;2-5H2,1H3;1H. The molecule has 1 fully saturated rings. The Kier molecular flexibility index (Phi) is 15.6. The summed E-state index contributed by atoms with van der Waals surface area (Å²) in [6.07, 6.45) is 1.72. The quantitative estimate of drug-likeness (QED) is 0.853. The number of ether oxygens (including phenoxy) is 1. The van der Waals surface area contributed by atoms with E-state index in [9.17, 15) is 13.2 Å². The largest absolute Gasteiger partial charge is 0.391 e. The average molecular weight is 270 g/mol. The first kappa shape index (κ1) is 19.6. The Morgan fingerprint density at radius 1 is 1.28 bits per heavy atom. The number of nitrogens with one attached hydrogen (secondary N) is 1. The number of rotatable bonds is 3. The van der Waals surface area contributed by atoms with E-state index < -0.39 is 6.68 Å². The van der Waals surface area contributed by atoms with Gasteiger partial charge in [-0.05, 0) is 19.2 Å². The van der Waals surface area contributed by atoms with Crippen molar-refractivity contribution in [3.8, 4) is 0 Å². The Bertz CT molecular complexity index is 172. The zero-order chi connectivity index (χ0) is 14.4. The van der Waals surface area contributed by atoms with Crippen molar-refractivity contribution >= 4 is 0 Å². The lowest BCUT2D eigenvalue weighted by molar-refractivity contribution is 0.00819. The zero-order valence-electron chi connectivity index (χ0n) is 11.5. The molecule has 1 rings (SSSR count). The third-order valence-electron chi connectivity index (χ3n) is 1.91. The number of alkyl halides is 3. The van der Waals surface area contributed by atoms with Crippen molar-refractivity contribution in [3.63, 3.8) is 0 Å². The van der Waals surface area contributed by atoms with Gasteiger partial charge in [-0.15, -0.1) is 0 Å². The van der Waals surface area contributed by atoms with E-state index in [1.165, 1.54) is 0 Å². The van der Waals surface area contributed by atoms with Gasteiger partial charge in [0.2, 0.25) is 0 Å². The molecule has 1 aliphatic rings. The fourth-order valence-electron chi connectivity index (χ4n) is 0.974. The summed E-state index contributed by atoms with van der Waals surface area (Å²) >= 11 is 0. The van der Waals surface area contributed by atoms with E-state index in [1.54, 1.807) is 6.20 Å². The molecule has 1 N–H and O–H groups in total. The van der Waals surface area contributed by atoms with Crippen molar-refractivity contribution in [2.45, 2.75) is 20.5 Å². The van der Waals surface area contributed by atoms with E-state index in [-0.39, 0.29) is 0 Å². The summed E-state index contributed by atoms with van der Waals surface area (Å²) in [5, 5.41) is 3.01. The predicted octanol–water partition coefficient (Wildman–Crippen LogP) is 2.50. The van der Waals surface area contributed by atoms with Crippen LogP contribution in [0, 0.1) is 5.92 Å². The summed E-state index contributed by atoms with van der Waals surface area (Å²) in [6.45, 7) is 9.23. The molecule has 0 bridgehead atoms. The molecule has 0 aromatic carbocycles. The van der Waals surface area contributed by atoms with E-state index in [0.29, 0.717) is 0 Å². The van der Waals surface area contributed by atoms with Crippen molar-refractivity contribution in [2.24, 2.45) is 5.92 Å². The van der Waals surface area contributed by atoms with Crippen LogP contribution in [0.1, 0.15) is 13.8 Å². The molecule has 0 aromatic heterocycles. The number of nitrogens with zero attached hydrogens (tertiary/aromatic N) is 1. The molecule has 0 unspecified atom stereocenters. The van der Waals surface area contributed by atoms with Gasteiger partial charge >= 0.3 is 6.68 Å². The molecule has 0 aliphatic carbocycles. The number of halogens is 3. The molecule has 0 aromatic rings. The molecule has 0 saturated carbocycles. The van der Waals surface area contributed by atoms with Crippen molar-refractivity contribution in [1.82, 2.24) is 10.2 Å². The summed E-state index contributed by atoms with van der Waals surface area (Å²) in [4.78, 5) is 2.27. The van der Waals surface area contributed by atoms with Gasteiger partial charge in [-0.3, -0.25) is 0 Å². The SMILES string of the molecule is C=CNCC(C)C.CN1CCOCC1.FC(F)F. The van der Waals surface area contributed by atoms with Crippen LogP contribution >= 0.6 is 0 Å². The number of likely N-dealkylation sites (N-methyl/N-ethyl adjacent to an activating group) is 1. The first-order valence-electron chi connectivity index (χ1n) is 5.93. The maximum absolute atomic E-state index is 9.67. The second-order valence-corrected chi connectivity index (χ2v) is 4.17. The lowest BCUT2D eigenvalue weighted by Crippen LogP contribution is -2.32. The Labute approximate surface area is 108 Å². The summed E-state index contributed by atoms with van der Waals surface area (Å²) in [7, 11) is 2.11. The van der Waals surface area contributed by atoms with Gasteiger partial charge in [-0.1, -0.05) is 20.4 Å². The van der Waals surface area contributed by atoms with Crippen LogP contribution in [0.2, 0.25) is 0 Å². The van der Waals surface area contributed by atoms with Gasteiger partial charge in [0.05, 0.1) is 13.2 Å². The van der Waals surface area contributed by atoms with Crippen molar-refractivity contribution in [1.29, 1.82) is 0 Å². The molecule has 0 spiro atoms. The van der Waals surface area contributed by atoms with Gasteiger partial charge in [0.1, 0.15) is 0 Å². The molecule has 110 valence electrons. The fourth-order valence-corrected chi connectivity index (χ4v) is 0.974. The molecule has 6 heteroatoms. The van der Waals surface area contributed by atoms with Gasteiger partial charge in [-0.2, -0.15) is 13.2 Å². The van der Waals surface area contributed by atoms with Gasteiger partial charge in [0, 0.05) is 19.6 Å². The van der Waals surface area contributed by atoms with Crippen LogP contribution < -0.4 is 5.32 Å². The van der Waals surface area contributed by atoms with E-state index in [0.717, 1.165) is 38.8 Å². The lowest BCUT2D eigenvalue weighted by Gasteiger charge is -2.21. The van der Waals surface area contributed by atoms with Crippen LogP contribution in [0.25, 0.3) is 0 Å². The van der Waals surface area contributed by atoms with Gasteiger partial charge < -0.3 is 15.0 Å². The highest BCUT2D eigenvalue weighted by Crippen LogP contribution is 1.89. The highest BCUT2D eigenvalue weighted by Gasteiger charge is 2.02. The Morgan fingerprint density at radius 3 is 1.89 bits per heavy atom. The monoisotopic (exact) mass is 270 g/mol. The second-order valence-electron chi connectivity index (χ2n) is 4.17. The van der Waals surface area contributed by atoms with Crippen molar-refractivity contribution in [2.75, 3.05) is 39.9 Å². The Hall–Kier alpha value is -0.750. The average Bonchev–Trinajstić information content (AvgIpc) is 2.27. The molecule has 0 radical (unpaired) electrons. The minimum Gasteiger partial charge on any atom is -0.391 e. The fraction of sp³-hybridized carbons (Fsp3) is 0.833. The highest BCUT2D eigenvalue weighted by molar-refractivity contribution is 4.63. The maximum Gasteiger partial charge on any atom is 0.379 e. The molecular formula is C12H25F3N2O. The normalized spacial score (nSPS) is 15.3. The van der Waals surface area contributed by atoms with Crippen LogP contribution in [0.4, 0.5) is 13.2 Å². The molecule has 1 aliphatic heterocycles. The second kappa shape index (κ2) is 14.3.